The largest absolute Gasteiger partial charge is 0.416 e. The van der Waals surface area contributed by atoms with Gasteiger partial charge in [-0.25, -0.2) is 0 Å². The van der Waals surface area contributed by atoms with Gasteiger partial charge in [0.1, 0.15) is 0 Å². The molecule has 0 radical (unpaired) electrons. The summed E-state index contributed by atoms with van der Waals surface area (Å²) in [5.41, 5.74) is -3.32. The molecule has 0 aliphatic carbocycles. The van der Waals surface area contributed by atoms with Gasteiger partial charge in [0, 0.05) is 18.5 Å². The summed E-state index contributed by atoms with van der Waals surface area (Å²) < 4.78 is 85.7. The Balaban J connectivity index is 1.85. The van der Waals surface area contributed by atoms with Gasteiger partial charge in [-0.2, -0.15) is 26.3 Å². The van der Waals surface area contributed by atoms with Crippen LogP contribution in [0.3, 0.4) is 0 Å². The Hall–Kier alpha value is -2.59. The topological polar surface area (TPSA) is 50.4 Å². The molecular weight excluding hydrogens is 486 g/mol. The predicted molar refractivity (Wildman–Crippen MR) is 123 cm³/mol. The van der Waals surface area contributed by atoms with E-state index in [2.05, 4.69) is 10.6 Å². The van der Waals surface area contributed by atoms with Gasteiger partial charge in [-0.1, -0.05) is 37.3 Å². The minimum absolute atomic E-state index is 0.00752. The SMILES string of the molecule is CCC(=O)N[C@]1(C)CC[C@@](COC(C)c2cc(C(F)(F)F)cc(C(F)(F)F)c2)(c2ccccc2)NC1. The Labute approximate surface area is 206 Å². The van der Waals surface area contributed by atoms with Crippen LogP contribution < -0.4 is 10.6 Å². The molecule has 2 aromatic rings. The van der Waals surface area contributed by atoms with E-state index < -0.39 is 40.7 Å². The van der Waals surface area contributed by atoms with Crippen molar-refractivity contribution in [1.29, 1.82) is 0 Å². The summed E-state index contributed by atoms with van der Waals surface area (Å²) in [6.45, 7) is 5.53. The zero-order chi connectivity index (χ0) is 26.8. The molecule has 0 saturated carbocycles. The van der Waals surface area contributed by atoms with Crippen molar-refractivity contribution in [2.45, 2.75) is 69.6 Å². The number of alkyl halides is 6. The molecule has 0 aromatic heterocycles. The standard InChI is InChI=1S/C26H30F6N2O2/c1-4-22(35)34-23(3)10-11-24(33-15-23,19-8-6-5-7-9-19)16-36-17(2)18-12-20(25(27,28)29)14-21(13-18)26(30,31)32/h5-9,12-14,17,33H,4,10-11,15-16H2,1-3H3,(H,34,35)/t17?,23-,24-/m1/s1. The highest BCUT2D eigenvalue weighted by molar-refractivity contribution is 5.76. The molecule has 4 nitrogen and oxygen atoms in total. The van der Waals surface area contributed by atoms with E-state index in [-0.39, 0.29) is 24.1 Å². The summed E-state index contributed by atoms with van der Waals surface area (Å²) >= 11 is 0. The molecule has 3 rings (SSSR count). The van der Waals surface area contributed by atoms with E-state index in [0.29, 0.717) is 37.9 Å². The molecule has 2 aromatic carbocycles. The minimum Gasteiger partial charge on any atom is -0.372 e. The third kappa shape index (κ3) is 6.59. The van der Waals surface area contributed by atoms with Crippen molar-refractivity contribution in [3.05, 3.63) is 70.8 Å². The fourth-order valence-electron chi connectivity index (χ4n) is 4.35. The van der Waals surface area contributed by atoms with Gasteiger partial charge in [-0.15, -0.1) is 0 Å². The van der Waals surface area contributed by atoms with Crippen LogP contribution in [0.15, 0.2) is 48.5 Å². The lowest BCUT2D eigenvalue weighted by atomic mass is 9.77. The van der Waals surface area contributed by atoms with Gasteiger partial charge in [-0.3, -0.25) is 4.79 Å². The fourth-order valence-corrected chi connectivity index (χ4v) is 4.35. The second-order valence-corrected chi connectivity index (χ2v) is 9.56. The van der Waals surface area contributed by atoms with E-state index in [0.717, 1.165) is 5.56 Å². The molecule has 1 unspecified atom stereocenters. The van der Waals surface area contributed by atoms with Gasteiger partial charge >= 0.3 is 12.4 Å². The predicted octanol–water partition coefficient (Wildman–Crippen LogP) is 6.37. The van der Waals surface area contributed by atoms with Crippen molar-refractivity contribution in [2.24, 2.45) is 0 Å². The number of hydrogen-bond donors (Lipinski definition) is 2. The summed E-state index contributed by atoms with van der Waals surface area (Å²) in [7, 11) is 0. The Morgan fingerprint density at radius 2 is 1.61 bits per heavy atom. The summed E-state index contributed by atoms with van der Waals surface area (Å²) in [4.78, 5) is 12.0. The average molecular weight is 517 g/mol. The van der Waals surface area contributed by atoms with E-state index >= 15 is 0 Å². The van der Waals surface area contributed by atoms with E-state index in [1.807, 2.05) is 37.3 Å². The maximum atomic E-state index is 13.3. The van der Waals surface area contributed by atoms with E-state index in [4.69, 9.17) is 4.74 Å². The van der Waals surface area contributed by atoms with Crippen molar-refractivity contribution in [3.63, 3.8) is 0 Å². The molecule has 0 bridgehead atoms. The zero-order valence-corrected chi connectivity index (χ0v) is 20.3. The van der Waals surface area contributed by atoms with E-state index in [1.54, 1.807) is 6.92 Å². The molecule has 1 aliphatic rings. The second kappa shape index (κ2) is 10.4. The van der Waals surface area contributed by atoms with E-state index in [9.17, 15) is 31.1 Å². The van der Waals surface area contributed by atoms with Crippen molar-refractivity contribution >= 4 is 5.91 Å². The third-order valence-corrected chi connectivity index (χ3v) is 6.67. The second-order valence-electron chi connectivity index (χ2n) is 9.56. The molecule has 1 fully saturated rings. The van der Waals surface area contributed by atoms with Gasteiger partial charge in [-0.05, 0) is 56.0 Å². The molecule has 1 saturated heterocycles. The van der Waals surface area contributed by atoms with Gasteiger partial charge < -0.3 is 15.4 Å². The minimum atomic E-state index is -4.93. The van der Waals surface area contributed by atoms with Gasteiger partial charge in [0.2, 0.25) is 5.91 Å². The van der Waals surface area contributed by atoms with Crippen LogP contribution in [0, 0.1) is 0 Å². The van der Waals surface area contributed by atoms with Gasteiger partial charge in [0.25, 0.3) is 0 Å². The number of carbonyl (C=O) groups excluding carboxylic acids is 1. The van der Waals surface area contributed by atoms with Crippen LogP contribution in [0.5, 0.6) is 0 Å². The molecule has 198 valence electrons. The first-order chi connectivity index (χ1) is 16.7. The molecular formula is C26H30F6N2O2. The van der Waals surface area contributed by atoms with Gasteiger partial charge in [0.05, 0.1) is 29.4 Å². The number of rotatable bonds is 7. The molecule has 3 atom stereocenters. The average Bonchev–Trinajstić information content (AvgIpc) is 2.83. The molecule has 1 heterocycles. The van der Waals surface area contributed by atoms with Crippen LogP contribution in [0.1, 0.15) is 68.4 Å². The van der Waals surface area contributed by atoms with Crippen LogP contribution in [-0.4, -0.2) is 24.6 Å². The lowest BCUT2D eigenvalue weighted by Gasteiger charge is -2.46. The number of nitrogens with one attached hydrogen (secondary N) is 2. The Bertz CT molecular complexity index is 1010. The first-order valence-corrected chi connectivity index (χ1v) is 11.7. The highest BCUT2D eigenvalue weighted by Crippen LogP contribution is 2.39. The lowest BCUT2D eigenvalue weighted by Crippen LogP contribution is -2.62. The summed E-state index contributed by atoms with van der Waals surface area (Å²) in [5.74, 6) is -0.0820. The fraction of sp³-hybridized carbons (Fsp3) is 0.500. The van der Waals surface area contributed by atoms with E-state index in [1.165, 1.54) is 6.92 Å². The third-order valence-electron chi connectivity index (χ3n) is 6.67. The maximum Gasteiger partial charge on any atom is 0.416 e. The van der Waals surface area contributed by atoms with Crippen LogP contribution >= 0.6 is 0 Å². The van der Waals surface area contributed by atoms with Crippen molar-refractivity contribution < 1.29 is 35.9 Å². The van der Waals surface area contributed by atoms with Crippen molar-refractivity contribution in [3.8, 4) is 0 Å². The van der Waals surface area contributed by atoms with Crippen LogP contribution in [0.25, 0.3) is 0 Å². The lowest BCUT2D eigenvalue weighted by molar-refractivity contribution is -0.143. The number of hydrogen-bond acceptors (Lipinski definition) is 3. The highest BCUT2D eigenvalue weighted by atomic mass is 19.4. The molecule has 0 spiro atoms. The van der Waals surface area contributed by atoms with Crippen molar-refractivity contribution in [1.82, 2.24) is 10.6 Å². The monoisotopic (exact) mass is 516 g/mol. The summed E-state index contributed by atoms with van der Waals surface area (Å²) in [6.07, 6.45) is -9.43. The number of benzene rings is 2. The first-order valence-electron chi connectivity index (χ1n) is 11.7. The molecule has 36 heavy (non-hydrogen) atoms. The molecule has 1 aliphatic heterocycles. The zero-order valence-electron chi connectivity index (χ0n) is 20.3. The van der Waals surface area contributed by atoms with Crippen LogP contribution in [0.4, 0.5) is 26.3 Å². The van der Waals surface area contributed by atoms with Gasteiger partial charge in [0.15, 0.2) is 0 Å². The Morgan fingerprint density at radius 1 is 1.03 bits per heavy atom. The number of ether oxygens (including phenoxy) is 1. The van der Waals surface area contributed by atoms with Crippen LogP contribution in [0.2, 0.25) is 0 Å². The summed E-state index contributed by atoms with van der Waals surface area (Å²) in [6, 6.07) is 10.8. The smallest absolute Gasteiger partial charge is 0.372 e. The van der Waals surface area contributed by atoms with Crippen molar-refractivity contribution in [2.75, 3.05) is 13.2 Å². The van der Waals surface area contributed by atoms with Crippen LogP contribution in [-0.2, 0) is 27.4 Å². The Morgan fingerprint density at radius 3 is 2.08 bits per heavy atom. The number of halogens is 6. The first kappa shape index (κ1) is 28.0. The number of piperidine rings is 1. The molecule has 10 heteroatoms. The normalized spacial score (nSPS) is 23.8. The molecule has 1 amide bonds. The highest BCUT2D eigenvalue weighted by Gasteiger charge is 2.43. The summed E-state index contributed by atoms with van der Waals surface area (Å²) in [5, 5.41) is 6.46. The number of amides is 1. The maximum absolute atomic E-state index is 13.3. The Kier molecular flexibility index (Phi) is 8.10. The molecule has 2 N–H and O–H groups in total. The quantitative estimate of drug-likeness (QED) is 0.421. The number of carbonyl (C=O) groups is 1.